The van der Waals surface area contributed by atoms with Crippen LogP contribution < -0.4 is 5.73 Å². The molecule has 0 aliphatic carbocycles. The van der Waals surface area contributed by atoms with Crippen LogP contribution in [0, 0.1) is 5.92 Å². The molecule has 8 heteroatoms. The Morgan fingerprint density at radius 3 is 2.77 bits per heavy atom. The number of carboxylic acid groups (broad SMARTS) is 1. The Kier molecular flexibility index (Phi) is 3.54. The van der Waals surface area contributed by atoms with Crippen LogP contribution in [-0.2, 0) is 9.59 Å². The fraction of sp³-hybridized carbons (Fsp3) is 0.357. The average Bonchev–Trinajstić information content (AvgIpc) is 2.99. The predicted molar refractivity (Wildman–Crippen MR) is 85.2 cm³/mol. The van der Waals surface area contributed by atoms with Gasteiger partial charge in [-0.2, -0.15) is 0 Å². The van der Waals surface area contributed by atoms with Crippen LogP contribution in [0.5, 0.6) is 0 Å². The summed E-state index contributed by atoms with van der Waals surface area (Å²) in [5.41, 5.74) is 6.86. The van der Waals surface area contributed by atoms with Gasteiger partial charge in [0.1, 0.15) is 10.7 Å². The Morgan fingerprint density at radius 1 is 1.59 bits per heavy atom. The number of carbonyl (C=O) groups excluding carboxylic acids is 1. The Balaban J connectivity index is 2.01. The molecular formula is C14H14N2O4S2. The molecule has 0 saturated carbocycles. The second-order valence-electron chi connectivity index (χ2n) is 5.44. The second kappa shape index (κ2) is 5.15. The highest BCUT2D eigenvalue weighted by molar-refractivity contribution is 7.80. The number of aliphatic hydroxyl groups excluding tert-OH is 1. The molecule has 6 nitrogen and oxygen atoms in total. The number of carbonyl (C=O) groups is 2. The molecule has 116 valence electrons. The van der Waals surface area contributed by atoms with Crippen molar-refractivity contribution in [1.82, 2.24) is 4.90 Å². The molecular weight excluding hydrogens is 324 g/mol. The Hall–Kier alpha value is -1.77. The van der Waals surface area contributed by atoms with Gasteiger partial charge < -0.3 is 20.8 Å². The minimum atomic E-state index is -1.14. The van der Waals surface area contributed by atoms with Gasteiger partial charge in [-0.3, -0.25) is 4.79 Å². The molecule has 1 aromatic rings. The zero-order valence-corrected chi connectivity index (χ0v) is 13.3. The number of aliphatic carboxylic acids is 1. The summed E-state index contributed by atoms with van der Waals surface area (Å²) >= 11 is 6.27. The topological polar surface area (TPSA) is 104 Å². The third-order valence-corrected chi connectivity index (χ3v) is 5.34. The van der Waals surface area contributed by atoms with Crippen LogP contribution in [0.3, 0.4) is 0 Å². The zero-order valence-electron chi connectivity index (χ0n) is 11.6. The molecule has 0 unspecified atom stereocenters. The first-order valence-electron chi connectivity index (χ1n) is 6.69. The summed E-state index contributed by atoms with van der Waals surface area (Å²) in [6, 6.07) is 1.46. The minimum absolute atomic E-state index is 0.00300. The van der Waals surface area contributed by atoms with Crippen molar-refractivity contribution in [2.75, 3.05) is 0 Å². The minimum Gasteiger partial charge on any atom is -0.477 e. The Bertz CT molecular complexity index is 722. The number of thiocarbonyl (C=S) groups is 1. The van der Waals surface area contributed by atoms with Gasteiger partial charge in [0, 0.05) is 21.4 Å². The Labute approximate surface area is 135 Å². The van der Waals surface area contributed by atoms with Crippen LogP contribution in [-0.4, -0.2) is 44.1 Å². The standard InChI is InChI=1S/C14H14N2O4S2/c1-5(17)10-8-3-7(9-2-6(4-22-9)12(15)21)11(14(19)20)16(8)13(10)18/h2,4-5,8,10,17H,3H2,1H3,(H2,15,21)(H,19,20)/t5-,8-,10-/m1/s1. The van der Waals surface area contributed by atoms with Gasteiger partial charge in [-0.1, -0.05) is 12.2 Å². The lowest BCUT2D eigenvalue weighted by atomic mass is 9.83. The maximum Gasteiger partial charge on any atom is 0.352 e. The first kappa shape index (κ1) is 15.1. The highest BCUT2D eigenvalue weighted by atomic mass is 32.1. The quantitative estimate of drug-likeness (QED) is 0.554. The number of nitrogens with two attached hydrogens (primary N) is 1. The fourth-order valence-electron chi connectivity index (χ4n) is 3.11. The molecule has 0 bridgehead atoms. The summed E-state index contributed by atoms with van der Waals surface area (Å²) in [6.07, 6.45) is -0.376. The molecule has 2 aliphatic heterocycles. The van der Waals surface area contributed by atoms with Crippen molar-refractivity contribution in [3.05, 3.63) is 27.6 Å². The van der Waals surface area contributed by atoms with Crippen molar-refractivity contribution in [3.63, 3.8) is 0 Å². The van der Waals surface area contributed by atoms with Crippen LogP contribution >= 0.6 is 23.6 Å². The molecule has 1 saturated heterocycles. The van der Waals surface area contributed by atoms with E-state index in [2.05, 4.69) is 0 Å². The van der Waals surface area contributed by atoms with Crippen molar-refractivity contribution in [2.24, 2.45) is 11.7 Å². The van der Waals surface area contributed by atoms with E-state index in [4.69, 9.17) is 18.0 Å². The van der Waals surface area contributed by atoms with Gasteiger partial charge in [0.25, 0.3) is 0 Å². The van der Waals surface area contributed by atoms with Gasteiger partial charge in [-0.25, -0.2) is 4.79 Å². The molecule has 4 N–H and O–H groups in total. The number of aliphatic hydroxyl groups is 1. The molecule has 2 aliphatic rings. The van der Waals surface area contributed by atoms with Crippen molar-refractivity contribution in [2.45, 2.75) is 25.5 Å². The van der Waals surface area contributed by atoms with E-state index >= 15 is 0 Å². The molecule has 1 aromatic heterocycles. The molecule has 0 aromatic carbocycles. The maximum absolute atomic E-state index is 12.1. The number of thiophene rings is 1. The van der Waals surface area contributed by atoms with E-state index < -0.39 is 18.0 Å². The zero-order chi connectivity index (χ0) is 16.2. The molecule has 1 fully saturated rings. The van der Waals surface area contributed by atoms with E-state index in [-0.39, 0.29) is 22.6 Å². The molecule has 22 heavy (non-hydrogen) atoms. The van der Waals surface area contributed by atoms with Gasteiger partial charge in [0.15, 0.2) is 0 Å². The van der Waals surface area contributed by atoms with Crippen molar-refractivity contribution in [3.8, 4) is 0 Å². The van der Waals surface area contributed by atoms with Gasteiger partial charge in [0.2, 0.25) is 5.91 Å². The van der Waals surface area contributed by atoms with Gasteiger partial charge in [-0.15, -0.1) is 11.3 Å². The number of rotatable bonds is 4. The van der Waals surface area contributed by atoms with Crippen LogP contribution in [0.15, 0.2) is 17.1 Å². The van der Waals surface area contributed by atoms with Crippen LogP contribution in [0.1, 0.15) is 23.8 Å². The number of amides is 1. The second-order valence-corrected chi connectivity index (χ2v) is 6.79. The third-order valence-electron chi connectivity index (χ3n) is 4.11. The molecule has 0 radical (unpaired) electrons. The van der Waals surface area contributed by atoms with Gasteiger partial charge in [-0.05, 0) is 19.4 Å². The summed E-state index contributed by atoms with van der Waals surface area (Å²) in [4.78, 5) is 26.0. The maximum atomic E-state index is 12.1. The molecule has 3 atom stereocenters. The van der Waals surface area contributed by atoms with Crippen LogP contribution in [0.4, 0.5) is 0 Å². The highest BCUT2D eigenvalue weighted by Crippen LogP contribution is 2.47. The lowest BCUT2D eigenvalue weighted by Gasteiger charge is -2.44. The van der Waals surface area contributed by atoms with Crippen molar-refractivity contribution >= 4 is 46.0 Å². The summed E-state index contributed by atoms with van der Waals surface area (Å²) in [5, 5.41) is 20.9. The molecule has 3 heterocycles. The van der Waals surface area contributed by atoms with Crippen LogP contribution in [0.25, 0.3) is 5.57 Å². The molecule has 3 rings (SSSR count). The summed E-state index contributed by atoms with van der Waals surface area (Å²) in [6.45, 7) is 1.55. The summed E-state index contributed by atoms with van der Waals surface area (Å²) < 4.78 is 0. The van der Waals surface area contributed by atoms with Crippen molar-refractivity contribution < 1.29 is 19.8 Å². The van der Waals surface area contributed by atoms with Gasteiger partial charge in [0.05, 0.1) is 18.1 Å². The number of fused-ring (bicyclic) bond motifs is 1. The van der Waals surface area contributed by atoms with E-state index in [0.29, 0.717) is 17.6 Å². The summed E-state index contributed by atoms with van der Waals surface area (Å²) in [7, 11) is 0. The average molecular weight is 338 g/mol. The number of nitrogens with zero attached hydrogens (tertiary/aromatic N) is 1. The monoisotopic (exact) mass is 338 g/mol. The number of hydrogen-bond acceptors (Lipinski definition) is 5. The van der Waals surface area contributed by atoms with Gasteiger partial charge >= 0.3 is 5.97 Å². The Morgan fingerprint density at radius 2 is 2.27 bits per heavy atom. The number of carboxylic acids is 1. The van der Waals surface area contributed by atoms with E-state index in [9.17, 15) is 19.8 Å². The van der Waals surface area contributed by atoms with E-state index in [1.165, 1.54) is 16.2 Å². The first-order valence-corrected chi connectivity index (χ1v) is 7.98. The van der Waals surface area contributed by atoms with E-state index in [1.807, 2.05) is 0 Å². The van der Waals surface area contributed by atoms with Crippen LogP contribution in [0.2, 0.25) is 0 Å². The lowest BCUT2D eigenvalue weighted by molar-refractivity contribution is -0.161. The third kappa shape index (κ3) is 2.06. The highest BCUT2D eigenvalue weighted by Gasteiger charge is 2.56. The first-order chi connectivity index (χ1) is 10.3. The normalized spacial score (nSPS) is 25.0. The van der Waals surface area contributed by atoms with Crippen molar-refractivity contribution in [1.29, 1.82) is 0 Å². The smallest absolute Gasteiger partial charge is 0.352 e. The SMILES string of the molecule is C[C@@H](O)[C@H]1C(=O)N2C(C(=O)O)=C(c3cc(C(N)=S)cs3)C[C@H]12. The van der Waals surface area contributed by atoms with E-state index in [0.717, 1.165) is 4.88 Å². The summed E-state index contributed by atoms with van der Waals surface area (Å²) in [5.74, 6) is -2.01. The fourth-order valence-corrected chi connectivity index (χ4v) is 4.27. The lowest BCUT2D eigenvalue weighted by Crippen LogP contribution is -2.61. The number of β-lactam (4-membered cyclic amide) rings is 1. The predicted octanol–water partition coefficient (Wildman–Crippen LogP) is 0.789. The van der Waals surface area contributed by atoms with E-state index in [1.54, 1.807) is 18.4 Å². The molecule has 1 amide bonds. The molecule has 0 spiro atoms. The largest absolute Gasteiger partial charge is 0.477 e. The number of hydrogen-bond donors (Lipinski definition) is 3.